The van der Waals surface area contributed by atoms with E-state index in [0.717, 1.165) is 7.11 Å². The second-order valence-electron chi connectivity index (χ2n) is 2.84. The first kappa shape index (κ1) is 12.9. The zero-order chi connectivity index (χ0) is 13.2. The van der Waals surface area contributed by atoms with Crippen LogP contribution in [0, 0.1) is 10.1 Å². The molecule has 6 nitrogen and oxygen atoms in total. The molecular formula is C8H5F3N2O4. The van der Waals surface area contributed by atoms with Crippen molar-refractivity contribution in [2.24, 2.45) is 0 Å². The Bertz CT molecular complexity index is 472. The lowest BCUT2D eigenvalue weighted by Crippen LogP contribution is -2.12. The van der Waals surface area contributed by atoms with Gasteiger partial charge in [-0.3, -0.25) is 10.1 Å². The standard InChI is InChI=1S/C8H5F3N2O4/c1-17-7(14)6-5(13(15)16)2-4(3-12-6)8(9,10)11/h2-3H,1H3. The minimum Gasteiger partial charge on any atom is -0.464 e. The number of methoxy groups -OCH3 is 1. The lowest BCUT2D eigenvalue weighted by atomic mass is 10.2. The van der Waals surface area contributed by atoms with Crippen molar-refractivity contribution in [3.05, 3.63) is 33.6 Å². The Balaban J connectivity index is 3.37. The Kier molecular flexibility index (Phi) is 3.30. The summed E-state index contributed by atoms with van der Waals surface area (Å²) in [5, 5.41) is 10.5. The molecule has 1 aromatic heterocycles. The topological polar surface area (TPSA) is 82.3 Å². The number of halogens is 3. The number of pyridine rings is 1. The third kappa shape index (κ3) is 2.68. The third-order valence-electron chi connectivity index (χ3n) is 1.77. The predicted octanol–water partition coefficient (Wildman–Crippen LogP) is 1.80. The molecule has 0 aliphatic heterocycles. The molecule has 92 valence electrons. The van der Waals surface area contributed by atoms with Crippen LogP contribution >= 0.6 is 0 Å². The van der Waals surface area contributed by atoms with E-state index in [1.165, 1.54) is 0 Å². The number of nitrogens with zero attached hydrogens (tertiary/aromatic N) is 2. The number of nitro groups is 1. The highest BCUT2D eigenvalue weighted by Crippen LogP contribution is 2.31. The predicted molar refractivity (Wildman–Crippen MR) is 47.2 cm³/mol. The van der Waals surface area contributed by atoms with Gasteiger partial charge in [-0.1, -0.05) is 0 Å². The van der Waals surface area contributed by atoms with Crippen molar-refractivity contribution in [2.75, 3.05) is 7.11 Å². The molecule has 0 fully saturated rings. The van der Waals surface area contributed by atoms with E-state index in [0.29, 0.717) is 6.20 Å². The Hall–Kier alpha value is -2.19. The molecule has 0 N–H and O–H groups in total. The molecule has 0 amide bonds. The van der Waals surface area contributed by atoms with Gasteiger partial charge in [0.25, 0.3) is 0 Å². The smallest absolute Gasteiger partial charge is 0.418 e. The summed E-state index contributed by atoms with van der Waals surface area (Å²) in [6, 6.07) is 0.235. The van der Waals surface area contributed by atoms with E-state index in [9.17, 15) is 28.1 Å². The van der Waals surface area contributed by atoms with Gasteiger partial charge in [-0.05, 0) is 0 Å². The van der Waals surface area contributed by atoms with Crippen LogP contribution in [0.25, 0.3) is 0 Å². The molecule has 0 spiro atoms. The van der Waals surface area contributed by atoms with Crippen LogP contribution in [0.1, 0.15) is 16.1 Å². The summed E-state index contributed by atoms with van der Waals surface area (Å²) in [7, 11) is 0.936. The Labute approximate surface area is 92.2 Å². The summed E-state index contributed by atoms with van der Waals surface area (Å²) in [6.45, 7) is 0. The van der Waals surface area contributed by atoms with Gasteiger partial charge < -0.3 is 4.74 Å². The maximum Gasteiger partial charge on any atom is 0.418 e. The zero-order valence-electron chi connectivity index (χ0n) is 8.32. The average Bonchev–Trinajstić information content (AvgIpc) is 2.25. The quantitative estimate of drug-likeness (QED) is 0.454. The van der Waals surface area contributed by atoms with Crippen LogP contribution in [0.2, 0.25) is 0 Å². The second kappa shape index (κ2) is 4.36. The molecule has 1 aromatic rings. The lowest BCUT2D eigenvalue weighted by molar-refractivity contribution is -0.385. The number of esters is 1. The monoisotopic (exact) mass is 250 g/mol. The number of carbonyl (C=O) groups is 1. The van der Waals surface area contributed by atoms with Crippen LogP contribution in [0.4, 0.5) is 18.9 Å². The summed E-state index contributed by atoms with van der Waals surface area (Å²) in [6.07, 6.45) is -4.44. The van der Waals surface area contributed by atoms with Gasteiger partial charge >= 0.3 is 17.8 Å². The van der Waals surface area contributed by atoms with Crippen LogP contribution in [0.15, 0.2) is 12.3 Å². The molecule has 1 rings (SSSR count). The highest BCUT2D eigenvalue weighted by molar-refractivity contribution is 5.91. The van der Waals surface area contributed by atoms with Crippen LogP contribution in [0.5, 0.6) is 0 Å². The second-order valence-corrected chi connectivity index (χ2v) is 2.84. The van der Waals surface area contributed by atoms with Gasteiger partial charge in [0, 0.05) is 12.3 Å². The molecular weight excluding hydrogens is 245 g/mol. The summed E-state index contributed by atoms with van der Waals surface area (Å²) in [5.41, 5.74) is -3.13. The van der Waals surface area contributed by atoms with Crippen LogP contribution in [-0.4, -0.2) is 23.0 Å². The van der Waals surface area contributed by atoms with E-state index in [2.05, 4.69) is 9.72 Å². The molecule has 0 aromatic carbocycles. The van der Waals surface area contributed by atoms with E-state index >= 15 is 0 Å². The molecule has 0 unspecified atom stereocenters. The van der Waals surface area contributed by atoms with Crippen molar-refractivity contribution >= 4 is 11.7 Å². The van der Waals surface area contributed by atoms with Gasteiger partial charge in [0.05, 0.1) is 17.6 Å². The van der Waals surface area contributed by atoms with E-state index < -0.39 is 34.0 Å². The molecule has 9 heteroatoms. The maximum absolute atomic E-state index is 12.3. The average molecular weight is 250 g/mol. The summed E-state index contributed by atoms with van der Waals surface area (Å²) in [5.74, 6) is -1.18. The zero-order valence-corrected chi connectivity index (χ0v) is 8.32. The van der Waals surface area contributed by atoms with Gasteiger partial charge in [-0.2, -0.15) is 13.2 Å². The summed E-state index contributed by atoms with van der Waals surface area (Å²) < 4.78 is 41.0. The molecule has 0 saturated heterocycles. The molecule has 0 aliphatic rings. The Morgan fingerprint density at radius 3 is 2.53 bits per heavy atom. The number of aromatic nitrogens is 1. The first-order valence-electron chi connectivity index (χ1n) is 4.07. The molecule has 0 atom stereocenters. The minimum atomic E-state index is -4.77. The fourth-order valence-corrected chi connectivity index (χ4v) is 1.00. The van der Waals surface area contributed by atoms with E-state index in [4.69, 9.17) is 0 Å². The minimum absolute atomic E-state index is 0.235. The highest BCUT2D eigenvalue weighted by Gasteiger charge is 2.35. The summed E-state index contributed by atoms with van der Waals surface area (Å²) in [4.78, 5) is 23.5. The fraction of sp³-hybridized carbons (Fsp3) is 0.250. The van der Waals surface area contributed by atoms with Gasteiger partial charge in [0.2, 0.25) is 5.69 Å². The van der Waals surface area contributed by atoms with Crippen molar-refractivity contribution in [3.8, 4) is 0 Å². The Morgan fingerprint density at radius 1 is 1.53 bits per heavy atom. The third-order valence-corrected chi connectivity index (χ3v) is 1.77. The molecule has 1 heterocycles. The SMILES string of the molecule is COC(=O)c1ncc(C(F)(F)F)cc1[N+](=O)[O-]. The van der Waals surface area contributed by atoms with Crippen molar-refractivity contribution in [1.82, 2.24) is 4.98 Å². The fourth-order valence-electron chi connectivity index (χ4n) is 1.00. The number of carbonyl (C=O) groups excluding carboxylic acids is 1. The molecule has 0 bridgehead atoms. The molecule has 0 radical (unpaired) electrons. The summed E-state index contributed by atoms with van der Waals surface area (Å²) >= 11 is 0. The molecule has 17 heavy (non-hydrogen) atoms. The lowest BCUT2D eigenvalue weighted by Gasteiger charge is -2.06. The maximum atomic E-state index is 12.3. The van der Waals surface area contributed by atoms with Gasteiger partial charge in [-0.15, -0.1) is 0 Å². The van der Waals surface area contributed by atoms with Crippen LogP contribution in [-0.2, 0) is 10.9 Å². The molecule has 0 saturated carbocycles. The number of rotatable bonds is 2. The van der Waals surface area contributed by atoms with Crippen molar-refractivity contribution in [3.63, 3.8) is 0 Å². The van der Waals surface area contributed by atoms with E-state index in [1.807, 2.05) is 0 Å². The van der Waals surface area contributed by atoms with E-state index in [-0.39, 0.29) is 6.07 Å². The van der Waals surface area contributed by atoms with Crippen molar-refractivity contribution in [1.29, 1.82) is 0 Å². The van der Waals surface area contributed by atoms with Gasteiger partial charge in [0.15, 0.2) is 0 Å². The first-order valence-corrected chi connectivity index (χ1v) is 4.07. The molecule has 0 aliphatic carbocycles. The van der Waals surface area contributed by atoms with E-state index in [1.54, 1.807) is 0 Å². The largest absolute Gasteiger partial charge is 0.464 e. The highest BCUT2D eigenvalue weighted by atomic mass is 19.4. The number of hydrogen-bond donors (Lipinski definition) is 0. The number of hydrogen-bond acceptors (Lipinski definition) is 5. The van der Waals surface area contributed by atoms with Crippen molar-refractivity contribution in [2.45, 2.75) is 6.18 Å². The number of alkyl halides is 3. The van der Waals surface area contributed by atoms with Gasteiger partial charge in [-0.25, -0.2) is 9.78 Å². The van der Waals surface area contributed by atoms with Crippen LogP contribution in [0.3, 0.4) is 0 Å². The number of ether oxygens (including phenoxy) is 1. The Morgan fingerprint density at radius 2 is 2.12 bits per heavy atom. The van der Waals surface area contributed by atoms with Crippen molar-refractivity contribution < 1.29 is 27.6 Å². The van der Waals surface area contributed by atoms with Gasteiger partial charge in [0.1, 0.15) is 0 Å². The normalized spacial score (nSPS) is 11.1. The van der Waals surface area contributed by atoms with Crippen LogP contribution < -0.4 is 0 Å². The first-order chi connectivity index (χ1) is 7.77.